The molecule has 0 fully saturated rings. The molecule has 0 spiro atoms. The molecule has 0 atom stereocenters. The number of nitrogens with one attached hydrogen (secondary N) is 2. The highest BCUT2D eigenvalue weighted by atomic mass is 15.3. The quantitative estimate of drug-likeness (QED) is 0.633. The highest BCUT2D eigenvalue weighted by molar-refractivity contribution is 5.90. The minimum Gasteiger partial charge on any atom is -0.332 e. The number of aryl methyl sites for hydroxylation is 1. The fourth-order valence-corrected chi connectivity index (χ4v) is 2.37. The average Bonchev–Trinajstić information content (AvgIpc) is 3.16. The molecular formula is C17H18N8. The average molecular weight is 334 g/mol. The zero-order chi connectivity index (χ0) is 17.5. The fourth-order valence-electron chi connectivity index (χ4n) is 2.37. The first kappa shape index (κ1) is 16.4. The number of aliphatic imine (C=N–C) groups is 1. The lowest BCUT2D eigenvalue weighted by atomic mass is 10.1. The van der Waals surface area contributed by atoms with Gasteiger partial charge in [0.15, 0.2) is 5.96 Å². The Morgan fingerprint density at radius 1 is 1.40 bits per heavy atom. The summed E-state index contributed by atoms with van der Waals surface area (Å²) < 4.78 is 1.77. The van der Waals surface area contributed by atoms with E-state index in [0.717, 1.165) is 24.2 Å². The van der Waals surface area contributed by atoms with Crippen molar-refractivity contribution < 1.29 is 0 Å². The topological polar surface area (TPSA) is 104 Å². The number of nitriles is 1. The van der Waals surface area contributed by atoms with Crippen molar-refractivity contribution >= 4 is 11.5 Å². The summed E-state index contributed by atoms with van der Waals surface area (Å²) >= 11 is 0. The third kappa shape index (κ3) is 4.09. The van der Waals surface area contributed by atoms with Crippen LogP contribution in [0.15, 0.2) is 59.5 Å². The monoisotopic (exact) mass is 334 g/mol. The second kappa shape index (κ2) is 7.88. The van der Waals surface area contributed by atoms with E-state index in [9.17, 15) is 5.26 Å². The van der Waals surface area contributed by atoms with Gasteiger partial charge in [-0.3, -0.25) is 14.7 Å². The summed E-state index contributed by atoms with van der Waals surface area (Å²) in [7, 11) is 0. The van der Waals surface area contributed by atoms with Crippen LogP contribution in [0.5, 0.6) is 0 Å². The summed E-state index contributed by atoms with van der Waals surface area (Å²) in [6, 6.07) is 7.74. The third-order valence-corrected chi connectivity index (χ3v) is 3.63. The molecule has 1 aliphatic rings. The first-order chi connectivity index (χ1) is 12.3. The van der Waals surface area contributed by atoms with Crippen molar-refractivity contribution in [2.75, 3.05) is 6.54 Å². The van der Waals surface area contributed by atoms with Crippen LogP contribution in [-0.4, -0.2) is 32.3 Å². The molecule has 1 aliphatic heterocycles. The molecule has 0 aromatic carbocycles. The Hall–Kier alpha value is -3.47. The number of allylic oxidation sites excluding steroid dienone is 2. The van der Waals surface area contributed by atoms with Crippen molar-refractivity contribution in [2.24, 2.45) is 4.99 Å². The molecule has 3 rings (SSSR count). The van der Waals surface area contributed by atoms with E-state index < -0.39 is 0 Å². The van der Waals surface area contributed by atoms with Crippen molar-refractivity contribution in [3.63, 3.8) is 0 Å². The summed E-state index contributed by atoms with van der Waals surface area (Å²) in [6.45, 7) is 3.31. The van der Waals surface area contributed by atoms with Gasteiger partial charge in [0, 0.05) is 25.5 Å². The second-order valence-electron chi connectivity index (χ2n) is 5.42. The summed E-state index contributed by atoms with van der Waals surface area (Å²) in [5.74, 6) is 0.614. The molecule has 2 N–H and O–H groups in total. The van der Waals surface area contributed by atoms with Gasteiger partial charge in [-0.15, -0.1) is 0 Å². The van der Waals surface area contributed by atoms with E-state index in [4.69, 9.17) is 0 Å². The van der Waals surface area contributed by atoms with Gasteiger partial charge in [-0.2, -0.15) is 10.4 Å². The predicted molar refractivity (Wildman–Crippen MR) is 93.7 cm³/mol. The van der Waals surface area contributed by atoms with E-state index >= 15 is 0 Å². The number of guanidine groups is 1. The van der Waals surface area contributed by atoms with Crippen LogP contribution >= 0.6 is 0 Å². The van der Waals surface area contributed by atoms with Gasteiger partial charge in [0.1, 0.15) is 24.3 Å². The number of aromatic nitrogens is 4. The highest BCUT2D eigenvalue weighted by Crippen LogP contribution is 2.20. The number of rotatable bonds is 5. The Balaban J connectivity index is 1.72. The molecule has 25 heavy (non-hydrogen) atoms. The molecule has 2 aromatic heterocycles. The van der Waals surface area contributed by atoms with Gasteiger partial charge < -0.3 is 10.6 Å². The van der Waals surface area contributed by atoms with Crippen molar-refractivity contribution in [1.82, 2.24) is 30.4 Å². The Bertz CT molecular complexity index is 841. The van der Waals surface area contributed by atoms with E-state index in [-0.39, 0.29) is 0 Å². The van der Waals surface area contributed by atoms with E-state index in [2.05, 4.69) is 36.8 Å². The molecule has 0 radical (unpaired) electrons. The molecule has 0 saturated heterocycles. The van der Waals surface area contributed by atoms with Gasteiger partial charge in [-0.1, -0.05) is 6.07 Å². The van der Waals surface area contributed by atoms with Gasteiger partial charge in [0.25, 0.3) is 0 Å². The van der Waals surface area contributed by atoms with Gasteiger partial charge in [0.05, 0.1) is 11.4 Å². The van der Waals surface area contributed by atoms with E-state index in [1.54, 1.807) is 17.2 Å². The number of nitrogens with zero attached hydrogens (tertiary/aromatic N) is 6. The zero-order valence-corrected chi connectivity index (χ0v) is 13.8. The minimum absolute atomic E-state index is 0.492. The van der Waals surface area contributed by atoms with E-state index in [1.165, 1.54) is 6.33 Å². The number of pyridine rings is 1. The van der Waals surface area contributed by atoms with E-state index in [0.29, 0.717) is 23.8 Å². The van der Waals surface area contributed by atoms with Crippen molar-refractivity contribution in [1.29, 1.82) is 5.26 Å². The molecule has 0 aliphatic carbocycles. The predicted octanol–water partition coefficient (Wildman–Crippen LogP) is 1.45. The summed E-state index contributed by atoms with van der Waals surface area (Å²) in [5.41, 5.74) is 2.76. The third-order valence-electron chi connectivity index (χ3n) is 3.63. The fraction of sp³-hybridized carbons (Fsp3) is 0.235. The smallest absolute Gasteiger partial charge is 0.199 e. The maximum Gasteiger partial charge on any atom is 0.199 e. The van der Waals surface area contributed by atoms with Crippen LogP contribution in [0, 0.1) is 11.3 Å². The first-order valence-electron chi connectivity index (χ1n) is 7.91. The Kier molecular flexibility index (Phi) is 5.16. The highest BCUT2D eigenvalue weighted by Gasteiger charge is 2.17. The minimum atomic E-state index is 0.492. The summed E-state index contributed by atoms with van der Waals surface area (Å²) in [6.07, 6.45) is 7.54. The van der Waals surface area contributed by atoms with Crippen molar-refractivity contribution in [3.8, 4) is 6.07 Å². The van der Waals surface area contributed by atoms with Crippen molar-refractivity contribution in [2.45, 2.75) is 19.9 Å². The van der Waals surface area contributed by atoms with Crippen LogP contribution in [0.1, 0.15) is 19.0 Å². The van der Waals surface area contributed by atoms with E-state index in [1.807, 2.05) is 31.3 Å². The molecule has 8 nitrogen and oxygen atoms in total. The molecular weight excluding hydrogens is 316 g/mol. The van der Waals surface area contributed by atoms with Gasteiger partial charge in [-0.05, 0) is 31.1 Å². The first-order valence-corrected chi connectivity index (χ1v) is 7.91. The van der Waals surface area contributed by atoms with Crippen LogP contribution in [0.3, 0.4) is 0 Å². The van der Waals surface area contributed by atoms with Crippen LogP contribution in [-0.2, 0) is 6.54 Å². The van der Waals surface area contributed by atoms with Crippen LogP contribution < -0.4 is 10.6 Å². The largest absolute Gasteiger partial charge is 0.332 e. The van der Waals surface area contributed by atoms with Crippen molar-refractivity contribution in [3.05, 3.63) is 60.2 Å². The SMILES string of the molecule is CC1=CNC(=NCCCn2cncn2)N/C1=C(/C#N)c1ccccn1. The Labute approximate surface area is 145 Å². The number of hydrogen-bond donors (Lipinski definition) is 2. The summed E-state index contributed by atoms with van der Waals surface area (Å²) in [5, 5.41) is 19.9. The van der Waals surface area contributed by atoms with Crippen LogP contribution in [0.2, 0.25) is 0 Å². The van der Waals surface area contributed by atoms with Gasteiger partial charge in [0.2, 0.25) is 0 Å². The van der Waals surface area contributed by atoms with Crippen LogP contribution in [0.4, 0.5) is 0 Å². The maximum atomic E-state index is 9.56. The Morgan fingerprint density at radius 2 is 2.32 bits per heavy atom. The van der Waals surface area contributed by atoms with Gasteiger partial charge >= 0.3 is 0 Å². The molecule has 0 unspecified atom stereocenters. The molecule has 126 valence electrons. The molecule has 8 heteroatoms. The standard InChI is InChI=1S/C17H18N8/c1-13-10-22-17(21-7-4-8-25-12-19-11-23-25)24-16(13)14(9-18)15-5-2-3-6-20-15/h2-3,5-6,10-12H,4,7-8H2,1H3,(H2,21,22,24)/b16-14-. The summed E-state index contributed by atoms with van der Waals surface area (Å²) in [4.78, 5) is 12.7. The molecule has 0 amide bonds. The lowest BCUT2D eigenvalue weighted by Gasteiger charge is -2.21. The zero-order valence-electron chi connectivity index (χ0n) is 13.8. The van der Waals surface area contributed by atoms with Gasteiger partial charge in [-0.25, -0.2) is 4.98 Å². The normalized spacial score (nSPS) is 17.3. The molecule has 0 saturated carbocycles. The Morgan fingerprint density at radius 3 is 3.04 bits per heavy atom. The number of hydrogen-bond acceptors (Lipinski definition) is 5. The maximum absolute atomic E-state index is 9.56. The molecule has 3 heterocycles. The molecule has 0 bridgehead atoms. The molecule has 2 aromatic rings. The van der Waals surface area contributed by atoms with Crippen LogP contribution in [0.25, 0.3) is 5.57 Å². The second-order valence-corrected chi connectivity index (χ2v) is 5.42. The lowest BCUT2D eigenvalue weighted by molar-refractivity contribution is 0.583. The lowest BCUT2D eigenvalue weighted by Crippen LogP contribution is -2.39.